The van der Waals surface area contributed by atoms with Crippen molar-refractivity contribution in [3.05, 3.63) is 65.7 Å². The third kappa shape index (κ3) is 4.06. The van der Waals surface area contributed by atoms with E-state index in [9.17, 15) is 14.7 Å². The molecule has 1 saturated heterocycles. The number of nitrogens with one attached hydrogen (secondary N) is 1. The fraction of sp³-hybridized carbons (Fsp3) is 0.300. The molecule has 2 aromatic carbocycles. The zero-order chi connectivity index (χ0) is 17.8. The molecule has 0 radical (unpaired) electrons. The highest BCUT2D eigenvalue weighted by Crippen LogP contribution is 2.19. The van der Waals surface area contributed by atoms with Gasteiger partial charge in [0.2, 0.25) is 0 Å². The number of piperidine rings is 1. The molecule has 0 aromatic heterocycles. The zero-order valence-corrected chi connectivity index (χ0v) is 14.2. The molecule has 1 aliphatic rings. The van der Waals surface area contributed by atoms with Gasteiger partial charge in [-0.3, -0.25) is 4.79 Å². The predicted molar refractivity (Wildman–Crippen MR) is 96.7 cm³/mol. The number of urea groups is 1. The van der Waals surface area contributed by atoms with Gasteiger partial charge in [-0.15, -0.1) is 0 Å². The Morgan fingerprint density at radius 2 is 1.80 bits per heavy atom. The lowest BCUT2D eigenvalue weighted by Gasteiger charge is -2.34. The van der Waals surface area contributed by atoms with Crippen molar-refractivity contribution in [3.8, 4) is 0 Å². The van der Waals surface area contributed by atoms with E-state index in [4.69, 9.17) is 0 Å². The maximum atomic E-state index is 12.5. The van der Waals surface area contributed by atoms with Crippen LogP contribution < -0.4 is 5.32 Å². The normalized spacial score (nSPS) is 20.2. The molecule has 2 unspecified atom stereocenters. The van der Waals surface area contributed by atoms with Gasteiger partial charge >= 0.3 is 6.03 Å². The van der Waals surface area contributed by atoms with Crippen molar-refractivity contribution in [2.24, 2.45) is 5.92 Å². The molecule has 2 N–H and O–H groups in total. The maximum absolute atomic E-state index is 12.5. The van der Waals surface area contributed by atoms with Crippen LogP contribution in [0.15, 0.2) is 54.6 Å². The molecule has 0 saturated carbocycles. The SMILES string of the molecule is CC1CCN(C(=O)Nc2cccc(C(=O)c3ccccc3)c2)CC1O. The lowest BCUT2D eigenvalue weighted by molar-refractivity contribution is 0.0464. The van der Waals surface area contributed by atoms with E-state index in [0.29, 0.717) is 29.9 Å². The van der Waals surface area contributed by atoms with E-state index in [1.165, 1.54) is 0 Å². The van der Waals surface area contributed by atoms with Crippen LogP contribution in [0.4, 0.5) is 10.5 Å². The second kappa shape index (κ2) is 7.49. The van der Waals surface area contributed by atoms with Crippen LogP contribution in [0.5, 0.6) is 0 Å². The van der Waals surface area contributed by atoms with Gasteiger partial charge in [-0.25, -0.2) is 4.79 Å². The number of amides is 2. The van der Waals surface area contributed by atoms with Gasteiger partial charge in [0.05, 0.1) is 6.10 Å². The average molecular weight is 338 g/mol. The van der Waals surface area contributed by atoms with E-state index < -0.39 is 6.10 Å². The molecule has 1 fully saturated rings. The summed E-state index contributed by atoms with van der Waals surface area (Å²) in [4.78, 5) is 26.5. The topological polar surface area (TPSA) is 69.6 Å². The Morgan fingerprint density at radius 1 is 1.08 bits per heavy atom. The number of carbonyl (C=O) groups excluding carboxylic acids is 2. The third-order valence-electron chi connectivity index (χ3n) is 4.62. The van der Waals surface area contributed by atoms with Crippen LogP contribution >= 0.6 is 0 Å². The number of likely N-dealkylation sites (tertiary alicyclic amines) is 1. The summed E-state index contributed by atoms with van der Waals surface area (Å²) in [6.07, 6.45) is 0.284. The first-order chi connectivity index (χ1) is 12.0. The number of nitrogens with zero attached hydrogens (tertiary/aromatic N) is 1. The second-order valence-electron chi connectivity index (χ2n) is 6.49. The fourth-order valence-corrected chi connectivity index (χ4v) is 2.93. The number of rotatable bonds is 3. The first-order valence-corrected chi connectivity index (χ1v) is 8.48. The Bertz CT molecular complexity index is 761. The van der Waals surface area contributed by atoms with Gasteiger partial charge in [0.1, 0.15) is 0 Å². The van der Waals surface area contributed by atoms with E-state index >= 15 is 0 Å². The molecule has 130 valence electrons. The Hall–Kier alpha value is -2.66. The van der Waals surface area contributed by atoms with Crippen molar-refractivity contribution < 1.29 is 14.7 Å². The van der Waals surface area contributed by atoms with Gasteiger partial charge in [0.15, 0.2) is 5.78 Å². The molecule has 3 rings (SSSR count). The van der Waals surface area contributed by atoms with E-state index in [-0.39, 0.29) is 17.7 Å². The van der Waals surface area contributed by atoms with Gasteiger partial charge < -0.3 is 15.3 Å². The van der Waals surface area contributed by atoms with Crippen molar-refractivity contribution >= 4 is 17.5 Å². The number of β-amino-alcohol motifs (C(OH)–C–C–N with tert-alkyl or cyclic N) is 1. The number of aliphatic hydroxyl groups is 1. The summed E-state index contributed by atoms with van der Waals surface area (Å²) >= 11 is 0. The van der Waals surface area contributed by atoms with E-state index in [2.05, 4.69) is 5.32 Å². The zero-order valence-electron chi connectivity index (χ0n) is 14.2. The molecular formula is C20H22N2O3. The smallest absolute Gasteiger partial charge is 0.321 e. The average Bonchev–Trinajstić information content (AvgIpc) is 2.64. The summed E-state index contributed by atoms with van der Waals surface area (Å²) in [5, 5.41) is 12.8. The molecule has 2 atom stereocenters. The minimum atomic E-state index is -0.495. The minimum Gasteiger partial charge on any atom is -0.391 e. The number of hydrogen-bond donors (Lipinski definition) is 2. The molecule has 1 aliphatic heterocycles. The molecule has 0 spiro atoms. The monoisotopic (exact) mass is 338 g/mol. The summed E-state index contributed by atoms with van der Waals surface area (Å²) in [5.41, 5.74) is 1.70. The summed E-state index contributed by atoms with van der Waals surface area (Å²) in [6.45, 7) is 2.93. The van der Waals surface area contributed by atoms with E-state index in [1.807, 2.05) is 25.1 Å². The highest BCUT2D eigenvalue weighted by molar-refractivity contribution is 6.09. The number of aliphatic hydroxyl groups excluding tert-OH is 1. The van der Waals surface area contributed by atoms with Gasteiger partial charge in [-0.1, -0.05) is 49.4 Å². The van der Waals surface area contributed by atoms with Crippen LogP contribution in [-0.2, 0) is 0 Å². The molecule has 5 nitrogen and oxygen atoms in total. The lowest BCUT2D eigenvalue weighted by atomic mass is 9.96. The van der Waals surface area contributed by atoms with Gasteiger partial charge in [0, 0.05) is 29.9 Å². The molecular weight excluding hydrogens is 316 g/mol. The summed E-state index contributed by atoms with van der Waals surface area (Å²) in [5.74, 6) is 0.120. The number of carbonyl (C=O) groups is 2. The highest BCUT2D eigenvalue weighted by atomic mass is 16.3. The van der Waals surface area contributed by atoms with Gasteiger partial charge in [-0.05, 0) is 24.5 Å². The van der Waals surface area contributed by atoms with Crippen LogP contribution in [0, 0.1) is 5.92 Å². The maximum Gasteiger partial charge on any atom is 0.321 e. The van der Waals surface area contributed by atoms with Crippen LogP contribution in [0.25, 0.3) is 0 Å². The summed E-state index contributed by atoms with van der Waals surface area (Å²) in [6, 6.07) is 15.7. The van der Waals surface area contributed by atoms with Crippen LogP contribution in [0.2, 0.25) is 0 Å². The Morgan fingerprint density at radius 3 is 2.52 bits per heavy atom. The van der Waals surface area contributed by atoms with Crippen molar-refractivity contribution in [2.75, 3.05) is 18.4 Å². The molecule has 25 heavy (non-hydrogen) atoms. The first kappa shape index (κ1) is 17.2. The largest absolute Gasteiger partial charge is 0.391 e. The molecule has 1 heterocycles. The Kier molecular flexibility index (Phi) is 5.14. The summed E-state index contributed by atoms with van der Waals surface area (Å²) < 4.78 is 0. The molecule has 2 amide bonds. The quantitative estimate of drug-likeness (QED) is 0.845. The molecule has 0 bridgehead atoms. The molecule has 5 heteroatoms. The molecule has 0 aliphatic carbocycles. The third-order valence-corrected chi connectivity index (χ3v) is 4.62. The van der Waals surface area contributed by atoms with Gasteiger partial charge in [0.25, 0.3) is 0 Å². The Balaban J connectivity index is 1.70. The number of ketones is 1. The second-order valence-corrected chi connectivity index (χ2v) is 6.49. The Labute approximate surface area is 147 Å². The lowest BCUT2D eigenvalue weighted by Crippen LogP contribution is -2.47. The van der Waals surface area contributed by atoms with Crippen LogP contribution in [0.1, 0.15) is 29.3 Å². The highest BCUT2D eigenvalue weighted by Gasteiger charge is 2.27. The predicted octanol–water partition coefficient (Wildman–Crippen LogP) is 3.15. The van der Waals surface area contributed by atoms with E-state index in [1.54, 1.807) is 41.3 Å². The van der Waals surface area contributed by atoms with Crippen molar-refractivity contribution in [1.29, 1.82) is 0 Å². The number of hydrogen-bond acceptors (Lipinski definition) is 3. The minimum absolute atomic E-state index is 0.0843. The fourth-order valence-electron chi connectivity index (χ4n) is 2.93. The first-order valence-electron chi connectivity index (χ1n) is 8.48. The standard InChI is InChI=1S/C20H22N2O3/c1-14-10-11-22(13-18(14)23)20(25)21-17-9-5-8-16(12-17)19(24)15-6-3-2-4-7-15/h2-9,12,14,18,23H,10-11,13H2,1H3,(H,21,25). The summed E-state index contributed by atoms with van der Waals surface area (Å²) in [7, 11) is 0. The van der Waals surface area contributed by atoms with Crippen molar-refractivity contribution in [1.82, 2.24) is 4.90 Å². The van der Waals surface area contributed by atoms with Crippen LogP contribution in [0.3, 0.4) is 0 Å². The van der Waals surface area contributed by atoms with Crippen molar-refractivity contribution in [3.63, 3.8) is 0 Å². The van der Waals surface area contributed by atoms with E-state index in [0.717, 1.165) is 6.42 Å². The van der Waals surface area contributed by atoms with Crippen LogP contribution in [-0.4, -0.2) is 41.0 Å². The number of anilines is 1. The number of benzene rings is 2. The van der Waals surface area contributed by atoms with Crippen molar-refractivity contribution in [2.45, 2.75) is 19.4 Å². The molecule has 2 aromatic rings. The van der Waals surface area contributed by atoms with Gasteiger partial charge in [-0.2, -0.15) is 0 Å².